The molecule has 0 aliphatic carbocycles. The van der Waals surface area contributed by atoms with Crippen molar-refractivity contribution in [3.05, 3.63) is 88.3 Å². The summed E-state index contributed by atoms with van der Waals surface area (Å²) in [6.07, 6.45) is 0. The number of nitrogens with one attached hydrogen (secondary N) is 4. The minimum Gasteiger partial charge on any atom is -0.322 e. The number of benzene rings is 3. The van der Waals surface area contributed by atoms with E-state index in [-0.39, 0.29) is 10.6 Å². The largest absolute Gasteiger partial charge is 0.323 e. The van der Waals surface area contributed by atoms with Crippen LogP contribution in [0.25, 0.3) is 11.0 Å². The van der Waals surface area contributed by atoms with Gasteiger partial charge in [0.15, 0.2) is 0 Å². The number of aryl methyl sites for hydroxylation is 1. The number of anilines is 2. The van der Waals surface area contributed by atoms with Gasteiger partial charge in [-0.05, 0) is 61.0 Å². The fourth-order valence-corrected chi connectivity index (χ4v) is 4.12. The molecule has 30 heavy (non-hydrogen) atoms. The second-order valence-electron chi connectivity index (χ2n) is 6.74. The lowest BCUT2D eigenvalue weighted by Gasteiger charge is -2.11. The molecular weight excluding hydrogens is 404 g/mol. The van der Waals surface area contributed by atoms with Crippen LogP contribution < -0.4 is 15.7 Å². The molecule has 0 saturated carbocycles. The Morgan fingerprint density at radius 3 is 2.33 bits per heavy atom. The molecule has 8 nitrogen and oxygen atoms in total. The molecule has 0 saturated heterocycles. The first kappa shape index (κ1) is 19.5. The zero-order valence-corrected chi connectivity index (χ0v) is 16.7. The van der Waals surface area contributed by atoms with Crippen molar-refractivity contribution >= 4 is 38.3 Å². The average molecular weight is 422 g/mol. The van der Waals surface area contributed by atoms with Crippen LogP contribution in [0.1, 0.15) is 15.9 Å². The van der Waals surface area contributed by atoms with Crippen molar-refractivity contribution in [3.8, 4) is 0 Å². The van der Waals surface area contributed by atoms with Crippen LogP contribution in [-0.4, -0.2) is 24.3 Å². The van der Waals surface area contributed by atoms with Crippen molar-refractivity contribution in [2.24, 2.45) is 0 Å². The Balaban J connectivity index is 1.51. The number of aromatic amines is 2. The molecule has 1 amide bonds. The van der Waals surface area contributed by atoms with Gasteiger partial charge in [-0.15, -0.1) is 0 Å². The molecule has 0 atom stereocenters. The molecule has 3 aromatic carbocycles. The van der Waals surface area contributed by atoms with E-state index in [4.69, 9.17) is 0 Å². The molecule has 152 valence electrons. The molecule has 0 radical (unpaired) electrons. The molecule has 4 aromatic rings. The minimum atomic E-state index is -3.78. The fourth-order valence-electron chi connectivity index (χ4n) is 2.99. The summed E-state index contributed by atoms with van der Waals surface area (Å²) in [4.78, 5) is 29.1. The lowest BCUT2D eigenvalue weighted by Crippen LogP contribution is -2.15. The Morgan fingerprint density at radius 1 is 0.900 bits per heavy atom. The Hall–Kier alpha value is -3.85. The highest BCUT2D eigenvalue weighted by Gasteiger charge is 2.16. The van der Waals surface area contributed by atoms with Crippen molar-refractivity contribution in [1.82, 2.24) is 9.97 Å². The van der Waals surface area contributed by atoms with Gasteiger partial charge in [-0.3, -0.25) is 9.52 Å². The number of hydrogen-bond donors (Lipinski definition) is 4. The zero-order valence-electron chi connectivity index (χ0n) is 15.9. The van der Waals surface area contributed by atoms with E-state index in [1.54, 1.807) is 30.3 Å². The predicted octanol–water partition coefficient (Wildman–Crippen LogP) is 3.22. The molecular formula is C21H18N4O4S. The molecule has 0 bridgehead atoms. The van der Waals surface area contributed by atoms with E-state index >= 15 is 0 Å². The van der Waals surface area contributed by atoms with Crippen molar-refractivity contribution < 1.29 is 13.2 Å². The third-order valence-corrected chi connectivity index (χ3v) is 5.97. The quantitative estimate of drug-likeness (QED) is 0.394. The summed E-state index contributed by atoms with van der Waals surface area (Å²) in [6.45, 7) is 1.81. The van der Waals surface area contributed by atoms with Crippen LogP contribution in [0.3, 0.4) is 0 Å². The number of carbonyl (C=O) groups is 1. The van der Waals surface area contributed by atoms with Gasteiger partial charge in [-0.1, -0.05) is 18.2 Å². The molecule has 1 aromatic heterocycles. The topological polar surface area (TPSA) is 124 Å². The molecule has 1 heterocycles. The highest BCUT2D eigenvalue weighted by molar-refractivity contribution is 7.92. The summed E-state index contributed by atoms with van der Waals surface area (Å²) in [6, 6.07) is 17.7. The summed E-state index contributed by atoms with van der Waals surface area (Å²) < 4.78 is 27.8. The number of para-hydroxylation sites is 1. The number of rotatable bonds is 5. The maximum atomic E-state index is 12.6. The number of imidazole rings is 1. The van der Waals surface area contributed by atoms with Crippen LogP contribution >= 0.6 is 0 Å². The monoisotopic (exact) mass is 422 g/mol. The van der Waals surface area contributed by atoms with Gasteiger partial charge in [0.05, 0.1) is 21.6 Å². The molecule has 4 N–H and O–H groups in total. The highest BCUT2D eigenvalue weighted by atomic mass is 32.2. The lowest BCUT2D eigenvalue weighted by molar-refractivity contribution is 0.102. The van der Waals surface area contributed by atoms with Crippen LogP contribution in [0.5, 0.6) is 0 Å². The summed E-state index contributed by atoms with van der Waals surface area (Å²) in [5.74, 6) is -0.400. The Labute approximate surface area is 172 Å². The average Bonchev–Trinajstić information content (AvgIpc) is 3.09. The number of carbonyl (C=O) groups excluding carboxylic acids is 1. The third kappa shape index (κ3) is 3.96. The Morgan fingerprint density at radius 2 is 1.60 bits per heavy atom. The van der Waals surface area contributed by atoms with E-state index in [9.17, 15) is 18.0 Å². The van der Waals surface area contributed by atoms with Gasteiger partial charge >= 0.3 is 5.69 Å². The first-order valence-electron chi connectivity index (χ1n) is 9.04. The summed E-state index contributed by atoms with van der Waals surface area (Å²) in [5, 5.41) is 2.73. The number of fused-ring (bicyclic) bond motifs is 1. The van der Waals surface area contributed by atoms with E-state index in [1.165, 1.54) is 24.3 Å². The molecule has 9 heteroatoms. The summed E-state index contributed by atoms with van der Waals surface area (Å²) >= 11 is 0. The van der Waals surface area contributed by atoms with Gasteiger partial charge < -0.3 is 15.3 Å². The van der Waals surface area contributed by atoms with Gasteiger partial charge in [0.1, 0.15) is 0 Å². The van der Waals surface area contributed by atoms with Crippen LogP contribution in [0.4, 0.5) is 11.4 Å². The molecule has 0 aliphatic heterocycles. The number of amides is 1. The smallest absolute Gasteiger partial charge is 0.322 e. The standard InChI is InChI=1S/C21H18N4O4S/c1-13-4-2-3-5-17(13)25-30(28,29)16-9-6-14(7-10-16)20(26)22-15-8-11-18-19(12-15)24-21(27)23-18/h2-12,25H,1H3,(H,22,26)(H2,23,24,27). The molecule has 0 unspecified atom stereocenters. The number of sulfonamides is 1. The van der Waals surface area contributed by atoms with Crippen LogP contribution in [0.2, 0.25) is 0 Å². The van der Waals surface area contributed by atoms with Crippen LogP contribution in [0.15, 0.2) is 76.4 Å². The summed E-state index contributed by atoms with van der Waals surface area (Å²) in [7, 11) is -3.78. The summed E-state index contributed by atoms with van der Waals surface area (Å²) in [5.41, 5.74) is 2.98. The normalized spacial score (nSPS) is 11.4. The van der Waals surface area contributed by atoms with E-state index in [2.05, 4.69) is 20.0 Å². The molecule has 0 fully saturated rings. The second-order valence-corrected chi connectivity index (χ2v) is 8.42. The van der Waals surface area contributed by atoms with Crippen molar-refractivity contribution in [2.45, 2.75) is 11.8 Å². The van der Waals surface area contributed by atoms with Gasteiger partial charge in [-0.25, -0.2) is 13.2 Å². The molecule has 0 spiro atoms. The van der Waals surface area contributed by atoms with Gasteiger partial charge in [0.2, 0.25) is 0 Å². The fraction of sp³-hybridized carbons (Fsp3) is 0.0476. The lowest BCUT2D eigenvalue weighted by atomic mass is 10.2. The third-order valence-electron chi connectivity index (χ3n) is 4.59. The van der Waals surface area contributed by atoms with Gasteiger partial charge in [-0.2, -0.15) is 0 Å². The maximum Gasteiger partial charge on any atom is 0.323 e. The van der Waals surface area contributed by atoms with E-state index in [1.807, 2.05) is 19.1 Å². The van der Waals surface area contributed by atoms with Crippen molar-refractivity contribution in [2.75, 3.05) is 10.0 Å². The second kappa shape index (κ2) is 7.53. The molecule has 0 aliphatic rings. The van der Waals surface area contributed by atoms with E-state index in [0.717, 1.165) is 5.56 Å². The number of H-pyrrole nitrogens is 2. The van der Waals surface area contributed by atoms with Crippen molar-refractivity contribution in [1.29, 1.82) is 0 Å². The Kier molecular flexibility index (Phi) is 4.88. The van der Waals surface area contributed by atoms with E-state index < -0.39 is 15.9 Å². The first-order valence-corrected chi connectivity index (χ1v) is 10.5. The number of aromatic nitrogens is 2. The van der Waals surface area contributed by atoms with Gasteiger partial charge in [0, 0.05) is 11.3 Å². The van der Waals surface area contributed by atoms with E-state index in [0.29, 0.717) is 28.0 Å². The predicted molar refractivity (Wildman–Crippen MR) is 115 cm³/mol. The van der Waals surface area contributed by atoms with Crippen LogP contribution in [-0.2, 0) is 10.0 Å². The minimum absolute atomic E-state index is 0.0496. The highest BCUT2D eigenvalue weighted by Crippen LogP contribution is 2.20. The van der Waals surface area contributed by atoms with Crippen LogP contribution in [0, 0.1) is 6.92 Å². The first-order chi connectivity index (χ1) is 14.3. The molecule has 4 rings (SSSR count). The Bertz CT molecular complexity index is 1400. The SMILES string of the molecule is Cc1ccccc1NS(=O)(=O)c1ccc(C(=O)Nc2ccc3[nH]c(=O)[nH]c3c2)cc1. The number of hydrogen-bond acceptors (Lipinski definition) is 4. The van der Waals surface area contributed by atoms with Gasteiger partial charge in [0.25, 0.3) is 15.9 Å². The zero-order chi connectivity index (χ0) is 21.3. The maximum absolute atomic E-state index is 12.6. The van der Waals surface area contributed by atoms with Crippen molar-refractivity contribution in [3.63, 3.8) is 0 Å².